The first kappa shape index (κ1) is 18.1. The maximum Gasteiger partial charge on any atom is 0.270 e. The van der Waals surface area contributed by atoms with E-state index >= 15 is 0 Å². The first-order valence-electron chi connectivity index (χ1n) is 10.1. The fourth-order valence-electron chi connectivity index (χ4n) is 4.43. The van der Waals surface area contributed by atoms with Crippen LogP contribution < -0.4 is 0 Å². The third-order valence-electron chi connectivity index (χ3n) is 6.10. The van der Waals surface area contributed by atoms with Crippen LogP contribution in [0.2, 0.25) is 0 Å². The van der Waals surface area contributed by atoms with Crippen molar-refractivity contribution in [2.24, 2.45) is 7.05 Å². The van der Waals surface area contributed by atoms with Crippen LogP contribution in [0.5, 0.6) is 0 Å². The van der Waals surface area contributed by atoms with Crippen molar-refractivity contribution in [1.82, 2.24) is 19.4 Å². The van der Waals surface area contributed by atoms with Gasteiger partial charge in [-0.25, -0.2) is 9.97 Å². The summed E-state index contributed by atoms with van der Waals surface area (Å²) in [5, 5.41) is 0. The first-order chi connectivity index (χ1) is 14.2. The molecule has 1 fully saturated rings. The van der Waals surface area contributed by atoms with Gasteiger partial charge in [0.15, 0.2) is 5.82 Å². The van der Waals surface area contributed by atoms with Gasteiger partial charge in [0.1, 0.15) is 11.3 Å². The number of aryl methyl sites for hydroxylation is 1. The number of ether oxygens (including phenoxy) is 1. The maximum atomic E-state index is 12.9. The summed E-state index contributed by atoms with van der Waals surface area (Å²) in [4.78, 5) is 24.3. The van der Waals surface area contributed by atoms with Crippen molar-refractivity contribution in [3.05, 3.63) is 71.8 Å². The smallest absolute Gasteiger partial charge is 0.270 e. The second kappa shape index (κ2) is 7.12. The number of hydrogen-bond acceptors (Lipinski definition) is 4. The largest absolute Gasteiger partial charge is 0.368 e. The monoisotopic (exact) mass is 388 g/mol. The number of nitrogens with zero attached hydrogens (tertiary/aromatic N) is 4. The Kier molecular flexibility index (Phi) is 4.43. The van der Waals surface area contributed by atoms with Crippen molar-refractivity contribution < 1.29 is 9.53 Å². The van der Waals surface area contributed by atoms with E-state index in [1.165, 1.54) is 0 Å². The molecule has 5 rings (SSSR count). The van der Waals surface area contributed by atoms with Gasteiger partial charge >= 0.3 is 0 Å². The summed E-state index contributed by atoms with van der Waals surface area (Å²) in [6, 6.07) is 13.8. The van der Waals surface area contributed by atoms with E-state index < -0.39 is 5.60 Å². The number of rotatable bonds is 2. The number of piperidine rings is 1. The molecule has 0 bridgehead atoms. The number of likely N-dealkylation sites (tertiary alicyclic amines) is 1. The normalized spacial score (nSPS) is 17.9. The van der Waals surface area contributed by atoms with Gasteiger partial charge in [-0.1, -0.05) is 30.3 Å². The van der Waals surface area contributed by atoms with Gasteiger partial charge < -0.3 is 14.2 Å². The highest BCUT2D eigenvalue weighted by Gasteiger charge is 2.43. The van der Waals surface area contributed by atoms with Crippen LogP contribution in [0.15, 0.2) is 54.9 Å². The van der Waals surface area contributed by atoms with E-state index in [-0.39, 0.29) is 5.91 Å². The van der Waals surface area contributed by atoms with Crippen LogP contribution in [0.4, 0.5) is 0 Å². The molecule has 0 atom stereocenters. The lowest BCUT2D eigenvalue weighted by Crippen LogP contribution is -2.49. The molecule has 1 aromatic carbocycles. The van der Waals surface area contributed by atoms with Crippen molar-refractivity contribution in [3.8, 4) is 11.4 Å². The van der Waals surface area contributed by atoms with Gasteiger partial charge in [-0.15, -0.1) is 0 Å². The molecule has 6 heteroatoms. The molecule has 3 aromatic rings. The van der Waals surface area contributed by atoms with Crippen molar-refractivity contribution in [3.63, 3.8) is 0 Å². The van der Waals surface area contributed by atoms with E-state index in [0.717, 1.165) is 47.6 Å². The molecule has 2 aliphatic rings. The van der Waals surface area contributed by atoms with Crippen molar-refractivity contribution >= 4 is 5.91 Å². The van der Waals surface area contributed by atoms with E-state index in [9.17, 15) is 4.79 Å². The number of fused-ring (bicyclic) bond motifs is 2. The summed E-state index contributed by atoms with van der Waals surface area (Å²) >= 11 is 0. The summed E-state index contributed by atoms with van der Waals surface area (Å²) in [6.07, 6.45) is 6.19. The molecule has 0 saturated carbocycles. The Morgan fingerprint density at radius 1 is 1.10 bits per heavy atom. The Hall–Kier alpha value is -2.99. The van der Waals surface area contributed by atoms with Crippen LogP contribution >= 0.6 is 0 Å². The highest BCUT2D eigenvalue weighted by Crippen LogP contribution is 2.41. The van der Waals surface area contributed by atoms with E-state index in [1.54, 1.807) is 0 Å². The van der Waals surface area contributed by atoms with Crippen LogP contribution in [0, 0.1) is 0 Å². The average molecular weight is 388 g/mol. The molecule has 148 valence electrons. The molecule has 0 radical (unpaired) electrons. The average Bonchev–Trinajstić information content (AvgIpc) is 3.20. The lowest BCUT2D eigenvalue weighted by atomic mass is 9.83. The minimum absolute atomic E-state index is 0.0797. The number of amides is 1. The minimum atomic E-state index is -0.426. The lowest BCUT2D eigenvalue weighted by molar-refractivity contribution is -0.0967. The summed E-state index contributed by atoms with van der Waals surface area (Å²) in [7, 11) is 1.90. The zero-order chi connectivity index (χ0) is 19.8. The molecule has 4 heterocycles. The highest BCUT2D eigenvalue weighted by molar-refractivity contribution is 5.92. The molecule has 2 aromatic heterocycles. The third kappa shape index (κ3) is 3.13. The van der Waals surface area contributed by atoms with Crippen molar-refractivity contribution in [2.75, 3.05) is 19.7 Å². The fraction of sp³-hybridized carbons (Fsp3) is 0.348. The Labute approximate surface area is 170 Å². The third-order valence-corrected chi connectivity index (χ3v) is 6.10. The minimum Gasteiger partial charge on any atom is -0.368 e. The van der Waals surface area contributed by atoms with Gasteiger partial charge in [0, 0.05) is 38.1 Å². The second-order valence-corrected chi connectivity index (χ2v) is 7.82. The number of benzene rings is 1. The molecule has 0 aliphatic carbocycles. The Balaban J connectivity index is 1.42. The zero-order valence-corrected chi connectivity index (χ0v) is 16.5. The van der Waals surface area contributed by atoms with Gasteiger partial charge in [0.2, 0.25) is 0 Å². The summed E-state index contributed by atoms with van der Waals surface area (Å²) in [6.45, 7) is 2.00. The van der Waals surface area contributed by atoms with E-state index in [4.69, 9.17) is 9.72 Å². The predicted molar refractivity (Wildman–Crippen MR) is 109 cm³/mol. The summed E-state index contributed by atoms with van der Waals surface area (Å²) in [5.74, 6) is 0.813. The number of hydrogen-bond donors (Lipinski definition) is 0. The van der Waals surface area contributed by atoms with Gasteiger partial charge in [-0.2, -0.15) is 0 Å². The summed E-state index contributed by atoms with van der Waals surface area (Å²) in [5.41, 5.74) is 3.47. The molecule has 6 nitrogen and oxygen atoms in total. The molecular formula is C23H24N4O2. The standard InChI is InChI=1S/C23H24N4O2/c1-26-12-5-8-19(26)22(28)27-13-10-23(11-14-27)20-18(9-15-29-23)16-24-21(25-20)17-6-3-2-4-7-17/h2-8,12,16H,9-11,13-15H2,1H3. The molecule has 29 heavy (non-hydrogen) atoms. The SMILES string of the molecule is Cn1cccc1C(=O)N1CCC2(CC1)OCCc1cnc(-c3ccccc3)nc12. The molecule has 0 unspecified atom stereocenters. The van der Waals surface area contributed by atoms with Crippen LogP contribution in [0.1, 0.15) is 34.6 Å². The quantitative estimate of drug-likeness (QED) is 0.677. The Morgan fingerprint density at radius 2 is 1.90 bits per heavy atom. The number of aromatic nitrogens is 3. The number of carbonyl (C=O) groups excluding carboxylic acids is 1. The highest BCUT2D eigenvalue weighted by atomic mass is 16.5. The Bertz CT molecular complexity index is 1040. The Morgan fingerprint density at radius 3 is 2.62 bits per heavy atom. The van der Waals surface area contributed by atoms with Crippen LogP contribution in [-0.2, 0) is 23.8 Å². The molecule has 1 spiro atoms. The van der Waals surface area contributed by atoms with Crippen LogP contribution in [-0.4, -0.2) is 45.0 Å². The summed E-state index contributed by atoms with van der Waals surface area (Å²) < 4.78 is 8.21. The zero-order valence-electron chi connectivity index (χ0n) is 16.5. The van der Waals surface area contributed by atoms with Gasteiger partial charge in [-0.3, -0.25) is 4.79 Å². The first-order valence-corrected chi connectivity index (χ1v) is 10.1. The predicted octanol–water partition coefficient (Wildman–Crippen LogP) is 3.19. The maximum absolute atomic E-state index is 12.9. The van der Waals surface area contributed by atoms with Gasteiger partial charge in [0.05, 0.1) is 12.3 Å². The second-order valence-electron chi connectivity index (χ2n) is 7.82. The van der Waals surface area contributed by atoms with E-state index in [0.29, 0.717) is 19.7 Å². The number of carbonyl (C=O) groups is 1. The molecule has 2 aliphatic heterocycles. The van der Waals surface area contributed by atoms with E-state index in [2.05, 4.69) is 4.98 Å². The fourth-order valence-corrected chi connectivity index (χ4v) is 4.43. The van der Waals surface area contributed by atoms with Crippen molar-refractivity contribution in [2.45, 2.75) is 24.9 Å². The van der Waals surface area contributed by atoms with Crippen LogP contribution in [0.3, 0.4) is 0 Å². The van der Waals surface area contributed by atoms with Crippen LogP contribution in [0.25, 0.3) is 11.4 Å². The molecule has 0 N–H and O–H groups in total. The molecule has 1 saturated heterocycles. The lowest BCUT2D eigenvalue weighted by Gasteiger charge is -2.44. The molecule has 1 amide bonds. The van der Waals surface area contributed by atoms with Crippen molar-refractivity contribution in [1.29, 1.82) is 0 Å². The van der Waals surface area contributed by atoms with Gasteiger partial charge in [0.25, 0.3) is 5.91 Å². The van der Waals surface area contributed by atoms with E-state index in [1.807, 2.05) is 71.4 Å². The molecular weight excluding hydrogens is 364 g/mol. The topological polar surface area (TPSA) is 60.2 Å². The van der Waals surface area contributed by atoms with Gasteiger partial charge in [-0.05, 0) is 37.0 Å².